The zero-order valence-corrected chi connectivity index (χ0v) is 33.9. The van der Waals surface area contributed by atoms with Gasteiger partial charge in [0.25, 0.3) is 0 Å². The lowest BCUT2D eigenvalue weighted by atomic mass is 9.93. The molecule has 0 fully saturated rings. The summed E-state index contributed by atoms with van der Waals surface area (Å²) in [4.78, 5) is 15.6. The van der Waals surface area contributed by atoms with Gasteiger partial charge in [0.1, 0.15) is 0 Å². The van der Waals surface area contributed by atoms with Crippen molar-refractivity contribution in [3.05, 3.63) is 237 Å². The van der Waals surface area contributed by atoms with E-state index in [9.17, 15) is 0 Å². The van der Waals surface area contributed by atoms with Crippen molar-refractivity contribution >= 4 is 21.7 Å². The number of nitrogens with zero attached hydrogens (tertiary/aromatic N) is 3. The van der Waals surface area contributed by atoms with Crippen LogP contribution in [0.2, 0.25) is 0 Å². The Kier molecular flexibility index (Phi) is 9.53. The van der Waals surface area contributed by atoms with Gasteiger partial charge in [-0.15, -0.1) is 0 Å². The maximum atomic E-state index is 5.21. The van der Waals surface area contributed by atoms with Gasteiger partial charge < -0.3 is 0 Å². The summed E-state index contributed by atoms with van der Waals surface area (Å²) in [5.74, 6) is 0.690. The largest absolute Gasteiger partial charge is 0.248 e. The van der Waals surface area contributed by atoms with Crippen LogP contribution in [0.3, 0.4) is 0 Å². The monoisotopic (exact) mass is 789 g/mol. The summed E-state index contributed by atoms with van der Waals surface area (Å²) in [7, 11) is 0. The standard InChI is InChI=1S/C59H39N3/c1-6-16-40(17-7-1)49-35-50(41-18-8-2-9-19-41)37-51(36-49)57-39-56(61-59(62-57)46-24-14-5-15-25-46)45-28-26-42(27-29-45)47-30-32-52-48(34-47)31-33-54-58(52)53(43-20-10-3-11-21-43)38-55(60-54)44-22-12-4-13-23-44/h1-39H. The van der Waals surface area contributed by atoms with Crippen molar-refractivity contribution in [2.45, 2.75) is 0 Å². The van der Waals surface area contributed by atoms with Crippen LogP contribution in [0, 0.1) is 0 Å². The van der Waals surface area contributed by atoms with Crippen molar-refractivity contribution in [3.63, 3.8) is 0 Å². The minimum Gasteiger partial charge on any atom is -0.248 e. The van der Waals surface area contributed by atoms with E-state index < -0.39 is 0 Å². The SMILES string of the molecule is c1ccc(-c2cc(-c3ccccc3)cc(-c3cc(-c4ccc(-c5ccc6c(ccc7nc(-c8ccccc8)cc(-c8ccccc8)c76)c5)cc4)nc(-c4ccccc4)n3)c2)cc1. The van der Waals surface area contributed by atoms with Gasteiger partial charge in [-0.05, 0) is 97.7 Å². The number of fused-ring (bicyclic) bond motifs is 3. The fraction of sp³-hybridized carbons (Fsp3) is 0. The number of hydrogen-bond acceptors (Lipinski definition) is 3. The van der Waals surface area contributed by atoms with Gasteiger partial charge in [0, 0.05) is 27.6 Å². The Labute approximate surface area is 361 Å². The highest BCUT2D eigenvalue weighted by atomic mass is 14.9. The number of benzene rings is 9. The van der Waals surface area contributed by atoms with Gasteiger partial charge in [0.2, 0.25) is 0 Å². The molecule has 0 saturated carbocycles. The first-order chi connectivity index (χ1) is 30.7. The van der Waals surface area contributed by atoms with Crippen molar-refractivity contribution in [2.75, 3.05) is 0 Å². The molecule has 0 radical (unpaired) electrons. The fourth-order valence-electron chi connectivity index (χ4n) is 8.51. The van der Waals surface area contributed by atoms with Gasteiger partial charge in [-0.25, -0.2) is 15.0 Å². The fourth-order valence-corrected chi connectivity index (χ4v) is 8.51. The molecule has 0 aliphatic heterocycles. The number of aromatic nitrogens is 3. The first kappa shape index (κ1) is 36.8. The summed E-state index contributed by atoms with van der Waals surface area (Å²) in [6.07, 6.45) is 0. The molecule has 0 atom stereocenters. The Bertz CT molecular complexity index is 3290. The molecule has 62 heavy (non-hydrogen) atoms. The third-order valence-corrected chi connectivity index (χ3v) is 11.7. The highest BCUT2D eigenvalue weighted by Gasteiger charge is 2.16. The van der Waals surface area contributed by atoms with Crippen LogP contribution in [0.4, 0.5) is 0 Å². The molecule has 290 valence electrons. The number of hydrogen-bond donors (Lipinski definition) is 0. The molecule has 0 unspecified atom stereocenters. The number of rotatable bonds is 8. The Morgan fingerprint density at radius 3 is 1.27 bits per heavy atom. The Morgan fingerprint density at radius 2 is 0.677 bits per heavy atom. The molecule has 2 heterocycles. The minimum atomic E-state index is 0.690. The average molecular weight is 790 g/mol. The first-order valence-electron chi connectivity index (χ1n) is 21.0. The van der Waals surface area contributed by atoms with Crippen LogP contribution in [0.15, 0.2) is 237 Å². The van der Waals surface area contributed by atoms with Gasteiger partial charge in [0.05, 0.1) is 22.6 Å². The molecule has 3 nitrogen and oxygen atoms in total. The van der Waals surface area contributed by atoms with Gasteiger partial charge >= 0.3 is 0 Å². The minimum absolute atomic E-state index is 0.690. The third kappa shape index (κ3) is 7.23. The molecule has 11 rings (SSSR count). The first-order valence-corrected chi connectivity index (χ1v) is 21.0. The topological polar surface area (TPSA) is 38.7 Å². The summed E-state index contributed by atoms with van der Waals surface area (Å²) in [5.41, 5.74) is 17.1. The molecular formula is C59H39N3. The van der Waals surface area contributed by atoms with Gasteiger partial charge in [-0.1, -0.05) is 194 Å². The summed E-state index contributed by atoms with van der Waals surface area (Å²) in [6.45, 7) is 0. The molecule has 0 bridgehead atoms. The van der Waals surface area contributed by atoms with Crippen molar-refractivity contribution in [3.8, 4) is 89.7 Å². The molecule has 0 saturated heterocycles. The van der Waals surface area contributed by atoms with E-state index >= 15 is 0 Å². The second-order valence-electron chi connectivity index (χ2n) is 15.6. The molecule has 2 aromatic heterocycles. The van der Waals surface area contributed by atoms with Crippen molar-refractivity contribution in [1.29, 1.82) is 0 Å². The predicted molar refractivity (Wildman–Crippen MR) is 258 cm³/mol. The second-order valence-corrected chi connectivity index (χ2v) is 15.6. The van der Waals surface area contributed by atoms with E-state index in [4.69, 9.17) is 15.0 Å². The van der Waals surface area contributed by atoms with Crippen LogP contribution in [0.25, 0.3) is 111 Å². The molecule has 0 aliphatic rings. The van der Waals surface area contributed by atoms with Crippen LogP contribution in [0.5, 0.6) is 0 Å². The van der Waals surface area contributed by atoms with E-state index in [2.05, 4.69) is 212 Å². The Morgan fingerprint density at radius 1 is 0.242 bits per heavy atom. The van der Waals surface area contributed by atoms with Gasteiger partial charge in [-0.2, -0.15) is 0 Å². The lowest BCUT2D eigenvalue weighted by Gasteiger charge is -2.14. The number of pyridine rings is 1. The summed E-state index contributed by atoms with van der Waals surface area (Å²) < 4.78 is 0. The molecule has 3 heteroatoms. The highest BCUT2D eigenvalue weighted by molar-refractivity contribution is 6.14. The summed E-state index contributed by atoms with van der Waals surface area (Å²) in [5, 5.41) is 3.52. The van der Waals surface area contributed by atoms with E-state index in [-0.39, 0.29) is 0 Å². The van der Waals surface area contributed by atoms with Gasteiger partial charge in [0.15, 0.2) is 5.82 Å². The molecule has 11 aromatic rings. The molecule has 0 amide bonds. The normalized spacial score (nSPS) is 11.2. The molecule has 0 N–H and O–H groups in total. The molecule has 0 aliphatic carbocycles. The lowest BCUT2D eigenvalue weighted by Crippen LogP contribution is -1.96. The van der Waals surface area contributed by atoms with Gasteiger partial charge in [-0.3, -0.25) is 0 Å². The zero-order valence-electron chi connectivity index (χ0n) is 33.9. The van der Waals surface area contributed by atoms with Crippen molar-refractivity contribution < 1.29 is 0 Å². The van der Waals surface area contributed by atoms with E-state index in [0.29, 0.717) is 5.82 Å². The van der Waals surface area contributed by atoms with E-state index in [1.165, 1.54) is 21.9 Å². The molecule has 0 spiro atoms. The van der Waals surface area contributed by atoms with Crippen molar-refractivity contribution in [2.24, 2.45) is 0 Å². The van der Waals surface area contributed by atoms with E-state index in [1.54, 1.807) is 0 Å². The van der Waals surface area contributed by atoms with Crippen molar-refractivity contribution in [1.82, 2.24) is 15.0 Å². The predicted octanol–water partition coefficient (Wildman–Crippen LogP) is 15.5. The second kappa shape index (κ2) is 16.1. The van der Waals surface area contributed by atoms with Crippen LogP contribution < -0.4 is 0 Å². The zero-order chi connectivity index (χ0) is 41.2. The highest BCUT2D eigenvalue weighted by Crippen LogP contribution is 2.39. The van der Waals surface area contributed by atoms with Crippen LogP contribution >= 0.6 is 0 Å². The lowest BCUT2D eigenvalue weighted by molar-refractivity contribution is 1.18. The average Bonchev–Trinajstić information content (AvgIpc) is 3.37. The third-order valence-electron chi connectivity index (χ3n) is 11.7. The quantitative estimate of drug-likeness (QED) is 0.144. The van der Waals surface area contributed by atoms with Crippen LogP contribution in [-0.4, -0.2) is 15.0 Å². The Hall–Kier alpha value is -8.27. The summed E-state index contributed by atoms with van der Waals surface area (Å²) in [6, 6.07) is 83.5. The van der Waals surface area contributed by atoms with Crippen LogP contribution in [-0.2, 0) is 0 Å². The maximum Gasteiger partial charge on any atom is 0.160 e. The Balaban J connectivity index is 0.993. The smallest absolute Gasteiger partial charge is 0.160 e. The maximum absolute atomic E-state index is 5.21. The van der Waals surface area contributed by atoms with E-state index in [1.807, 2.05) is 24.3 Å². The summed E-state index contributed by atoms with van der Waals surface area (Å²) >= 11 is 0. The van der Waals surface area contributed by atoms with E-state index in [0.717, 1.165) is 83.6 Å². The molecular weight excluding hydrogens is 751 g/mol. The van der Waals surface area contributed by atoms with Crippen LogP contribution in [0.1, 0.15) is 0 Å². The molecule has 9 aromatic carbocycles.